The zero-order chi connectivity index (χ0) is 13.7. The normalized spacial score (nSPS) is 11.7. The molecule has 1 aromatic rings. The molecule has 0 spiro atoms. The molecule has 1 atom stereocenters. The molecule has 0 saturated heterocycles. The molecule has 0 aliphatic carbocycles. The summed E-state index contributed by atoms with van der Waals surface area (Å²) in [7, 11) is 0. The van der Waals surface area contributed by atoms with E-state index in [2.05, 4.69) is 5.32 Å². The lowest BCUT2D eigenvalue weighted by atomic mass is 10.1. The van der Waals surface area contributed by atoms with E-state index in [0.29, 0.717) is 12.5 Å². The Morgan fingerprint density at radius 2 is 2.11 bits per heavy atom. The maximum atomic E-state index is 13.5. The first kappa shape index (κ1) is 14.1. The molecule has 96 valence electrons. The van der Waals surface area contributed by atoms with Crippen molar-refractivity contribution in [2.75, 3.05) is 0 Å². The van der Waals surface area contributed by atoms with E-state index in [1.54, 1.807) is 0 Å². The van der Waals surface area contributed by atoms with Gasteiger partial charge in [-0.1, -0.05) is 6.92 Å². The van der Waals surface area contributed by atoms with Crippen molar-refractivity contribution in [3.8, 4) is 6.07 Å². The Labute approximate surface area is 104 Å². The van der Waals surface area contributed by atoms with Gasteiger partial charge in [0.1, 0.15) is 11.6 Å². The van der Waals surface area contributed by atoms with E-state index < -0.39 is 17.5 Å². The Kier molecular flexibility index (Phi) is 4.78. The Balaban J connectivity index is 2.91. The average molecular weight is 252 g/mol. The number of halogens is 2. The van der Waals surface area contributed by atoms with Crippen molar-refractivity contribution in [2.45, 2.75) is 32.7 Å². The first-order valence-electron chi connectivity index (χ1n) is 5.63. The number of nitrogens with zero attached hydrogens (tertiary/aromatic N) is 1. The number of carbonyl (C=O) groups is 1. The van der Waals surface area contributed by atoms with E-state index in [1.165, 1.54) is 13.0 Å². The molecular formula is C13H14F2N2O. The van der Waals surface area contributed by atoms with Gasteiger partial charge in [0.2, 0.25) is 0 Å². The van der Waals surface area contributed by atoms with Gasteiger partial charge in [-0.15, -0.1) is 0 Å². The first-order valence-corrected chi connectivity index (χ1v) is 5.63. The van der Waals surface area contributed by atoms with Crippen LogP contribution in [0.2, 0.25) is 0 Å². The molecule has 0 radical (unpaired) electrons. The topological polar surface area (TPSA) is 52.9 Å². The number of carbonyl (C=O) groups excluding carboxylic acids is 1. The summed E-state index contributed by atoms with van der Waals surface area (Å²) in [4.78, 5) is 11.8. The lowest BCUT2D eigenvalue weighted by Crippen LogP contribution is -2.34. The highest BCUT2D eigenvalue weighted by Gasteiger charge is 2.17. The molecule has 0 heterocycles. The molecular weight excluding hydrogens is 238 g/mol. The van der Waals surface area contributed by atoms with Crippen molar-refractivity contribution >= 4 is 5.91 Å². The van der Waals surface area contributed by atoms with Gasteiger partial charge in [0.25, 0.3) is 5.91 Å². The smallest absolute Gasteiger partial charge is 0.254 e. The minimum atomic E-state index is -0.901. The van der Waals surface area contributed by atoms with Gasteiger partial charge in [0, 0.05) is 12.1 Å². The molecule has 0 saturated carbocycles. The monoisotopic (exact) mass is 252 g/mol. The third kappa shape index (κ3) is 3.27. The number of hydrogen-bond acceptors (Lipinski definition) is 2. The third-order valence-corrected chi connectivity index (χ3v) is 2.66. The average Bonchev–Trinajstić information content (AvgIpc) is 2.33. The van der Waals surface area contributed by atoms with Gasteiger partial charge in [-0.05, 0) is 25.0 Å². The van der Waals surface area contributed by atoms with Gasteiger partial charge < -0.3 is 5.32 Å². The summed E-state index contributed by atoms with van der Waals surface area (Å²) in [6, 6.07) is 3.47. The second kappa shape index (κ2) is 6.10. The molecule has 3 nitrogen and oxygen atoms in total. The van der Waals surface area contributed by atoms with Crippen LogP contribution in [0.4, 0.5) is 8.78 Å². The molecule has 0 bridgehead atoms. The summed E-state index contributed by atoms with van der Waals surface area (Å²) in [5.74, 6) is -2.21. The summed E-state index contributed by atoms with van der Waals surface area (Å²) in [6.07, 6.45) is 0.727. The van der Waals surface area contributed by atoms with Crippen LogP contribution >= 0.6 is 0 Å². The number of aryl methyl sites for hydroxylation is 1. The van der Waals surface area contributed by atoms with Crippen molar-refractivity contribution < 1.29 is 13.6 Å². The Morgan fingerprint density at radius 1 is 1.44 bits per heavy atom. The van der Waals surface area contributed by atoms with Crippen LogP contribution in [-0.2, 0) is 0 Å². The fourth-order valence-electron chi connectivity index (χ4n) is 1.50. The highest BCUT2D eigenvalue weighted by Crippen LogP contribution is 2.14. The minimum Gasteiger partial charge on any atom is -0.348 e. The Hall–Kier alpha value is -1.96. The van der Waals surface area contributed by atoms with Crippen LogP contribution in [0, 0.1) is 29.9 Å². The van der Waals surface area contributed by atoms with Crippen LogP contribution in [0.5, 0.6) is 0 Å². The third-order valence-electron chi connectivity index (χ3n) is 2.66. The lowest BCUT2D eigenvalue weighted by molar-refractivity contribution is 0.0932. The highest BCUT2D eigenvalue weighted by atomic mass is 19.1. The van der Waals surface area contributed by atoms with Crippen LogP contribution in [0.3, 0.4) is 0 Å². The number of rotatable bonds is 4. The summed E-state index contributed by atoms with van der Waals surface area (Å²) in [6.45, 7) is 3.27. The van der Waals surface area contributed by atoms with Crippen molar-refractivity contribution in [1.82, 2.24) is 5.32 Å². The zero-order valence-electron chi connectivity index (χ0n) is 10.3. The molecule has 0 fully saturated rings. The van der Waals surface area contributed by atoms with Crippen molar-refractivity contribution in [3.63, 3.8) is 0 Å². The highest BCUT2D eigenvalue weighted by molar-refractivity contribution is 5.94. The van der Waals surface area contributed by atoms with Gasteiger partial charge in [0.15, 0.2) is 0 Å². The SMILES string of the molecule is CC[C@@H](CC#N)NC(=O)c1cc(C)c(F)cc1F. The molecule has 0 aliphatic heterocycles. The fourth-order valence-corrected chi connectivity index (χ4v) is 1.50. The number of benzene rings is 1. The summed E-state index contributed by atoms with van der Waals surface area (Å²) in [5, 5.41) is 11.1. The minimum absolute atomic E-state index is 0.157. The molecule has 1 N–H and O–H groups in total. The Bertz CT molecular complexity index is 494. The van der Waals surface area contributed by atoms with E-state index in [-0.39, 0.29) is 23.6 Å². The van der Waals surface area contributed by atoms with Crippen LogP contribution in [0.1, 0.15) is 35.7 Å². The van der Waals surface area contributed by atoms with E-state index in [1.807, 2.05) is 13.0 Å². The maximum Gasteiger partial charge on any atom is 0.254 e. The number of amides is 1. The van der Waals surface area contributed by atoms with E-state index >= 15 is 0 Å². The summed E-state index contributed by atoms with van der Waals surface area (Å²) >= 11 is 0. The molecule has 1 rings (SSSR count). The molecule has 18 heavy (non-hydrogen) atoms. The molecule has 1 amide bonds. The second-order valence-electron chi connectivity index (χ2n) is 4.02. The van der Waals surface area contributed by atoms with Crippen LogP contribution in [-0.4, -0.2) is 11.9 Å². The van der Waals surface area contributed by atoms with Crippen molar-refractivity contribution in [3.05, 3.63) is 34.9 Å². The fraction of sp³-hybridized carbons (Fsp3) is 0.385. The largest absolute Gasteiger partial charge is 0.348 e. The van der Waals surface area contributed by atoms with Gasteiger partial charge in [-0.25, -0.2) is 8.78 Å². The van der Waals surface area contributed by atoms with Gasteiger partial charge in [0.05, 0.1) is 18.1 Å². The first-order chi connectivity index (χ1) is 8.49. The summed E-state index contributed by atoms with van der Waals surface area (Å²) in [5.41, 5.74) is 0.000159. The quantitative estimate of drug-likeness (QED) is 0.895. The van der Waals surface area contributed by atoms with Gasteiger partial charge in [-0.2, -0.15) is 5.26 Å². The maximum absolute atomic E-state index is 13.5. The number of hydrogen-bond donors (Lipinski definition) is 1. The summed E-state index contributed by atoms with van der Waals surface area (Å²) < 4.78 is 26.5. The number of nitrogens with one attached hydrogen (secondary N) is 1. The molecule has 0 unspecified atom stereocenters. The zero-order valence-corrected chi connectivity index (χ0v) is 10.3. The molecule has 1 aromatic carbocycles. The van der Waals surface area contributed by atoms with E-state index in [9.17, 15) is 13.6 Å². The van der Waals surface area contributed by atoms with Crippen LogP contribution in [0.15, 0.2) is 12.1 Å². The standard InChI is InChI=1S/C13H14F2N2O/c1-3-9(4-5-16)17-13(18)10-6-8(2)11(14)7-12(10)15/h6-7,9H,3-4H2,1-2H3,(H,17,18)/t9-/m0/s1. The van der Waals surface area contributed by atoms with Gasteiger partial charge in [-0.3, -0.25) is 4.79 Å². The van der Waals surface area contributed by atoms with E-state index in [4.69, 9.17) is 5.26 Å². The second-order valence-corrected chi connectivity index (χ2v) is 4.02. The Morgan fingerprint density at radius 3 is 2.67 bits per heavy atom. The van der Waals surface area contributed by atoms with Crippen molar-refractivity contribution in [2.24, 2.45) is 0 Å². The molecule has 0 aliphatic rings. The lowest BCUT2D eigenvalue weighted by Gasteiger charge is -2.14. The van der Waals surface area contributed by atoms with Crippen molar-refractivity contribution in [1.29, 1.82) is 5.26 Å². The van der Waals surface area contributed by atoms with Gasteiger partial charge >= 0.3 is 0 Å². The van der Waals surface area contributed by atoms with Crippen LogP contribution < -0.4 is 5.32 Å². The predicted molar refractivity (Wildman–Crippen MR) is 62.9 cm³/mol. The number of nitriles is 1. The predicted octanol–water partition coefficient (Wildman–Crippen LogP) is 2.70. The van der Waals surface area contributed by atoms with E-state index in [0.717, 1.165) is 0 Å². The molecule has 5 heteroatoms. The van der Waals surface area contributed by atoms with Crippen LogP contribution in [0.25, 0.3) is 0 Å². The molecule has 0 aromatic heterocycles.